The van der Waals surface area contributed by atoms with Gasteiger partial charge in [-0.05, 0) is 41.5 Å². The van der Waals surface area contributed by atoms with Crippen LogP contribution in [0.2, 0.25) is 5.02 Å². The van der Waals surface area contributed by atoms with Gasteiger partial charge < -0.3 is 15.1 Å². The van der Waals surface area contributed by atoms with Crippen LogP contribution < -0.4 is 4.90 Å². The Bertz CT molecular complexity index is 1470. The van der Waals surface area contributed by atoms with E-state index in [1.54, 1.807) is 29.3 Å². The number of fused-ring (bicyclic) bond motifs is 1. The highest BCUT2D eigenvalue weighted by atomic mass is 35.5. The third-order valence-corrected chi connectivity index (χ3v) is 7.09. The van der Waals surface area contributed by atoms with Crippen LogP contribution in [-0.2, 0) is 11.0 Å². The molecule has 0 atom stereocenters. The Morgan fingerprint density at radius 1 is 1.23 bits per heavy atom. The van der Waals surface area contributed by atoms with Gasteiger partial charge >= 0.3 is 12.1 Å². The van der Waals surface area contributed by atoms with Gasteiger partial charge in [-0.25, -0.2) is 0 Å². The third-order valence-electron chi connectivity index (χ3n) is 5.72. The highest BCUT2D eigenvalue weighted by Crippen LogP contribution is 2.43. The van der Waals surface area contributed by atoms with Gasteiger partial charge in [-0.15, -0.1) is 0 Å². The number of carboxylic acid groups (broad SMARTS) is 1. The van der Waals surface area contributed by atoms with Crippen LogP contribution in [0, 0.1) is 5.92 Å². The molecule has 0 spiro atoms. The van der Waals surface area contributed by atoms with Gasteiger partial charge in [0.2, 0.25) is 5.88 Å². The zero-order valence-corrected chi connectivity index (χ0v) is 19.2. The normalized spacial score (nSPS) is 15.0. The van der Waals surface area contributed by atoms with E-state index >= 15 is 0 Å². The molecule has 1 saturated heterocycles. The number of aromatic nitrogens is 3. The first-order valence-electron chi connectivity index (χ1n) is 10.3. The molecule has 1 aliphatic rings. The first kappa shape index (κ1) is 23.2. The number of rotatable bonds is 5. The minimum Gasteiger partial charge on any atom is -0.492 e. The van der Waals surface area contributed by atoms with E-state index in [0.717, 1.165) is 28.3 Å². The van der Waals surface area contributed by atoms with Gasteiger partial charge in [0.15, 0.2) is 5.13 Å². The molecule has 35 heavy (non-hydrogen) atoms. The van der Waals surface area contributed by atoms with Crippen LogP contribution in [-0.4, -0.2) is 44.5 Å². The lowest BCUT2D eigenvalue weighted by Gasteiger charge is -2.36. The molecule has 0 unspecified atom stereocenters. The predicted octanol–water partition coefficient (Wildman–Crippen LogP) is 5.51. The quantitative estimate of drug-likeness (QED) is 0.300. The predicted molar refractivity (Wildman–Crippen MR) is 127 cm³/mol. The second-order valence-corrected chi connectivity index (χ2v) is 9.46. The molecule has 7 nitrogen and oxygen atoms in total. The SMILES string of the molecule is O=C(O)C1CN(c2nc(O)c(C(=Cc3ccc(Cl)cc3C(F)(F)F)c3ccc4[nH]ncc4c3)s2)C1. The maximum atomic E-state index is 13.8. The Morgan fingerprint density at radius 2 is 2.00 bits per heavy atom. The second-order valence-electron chi connectivity index (χ2n) is 8.05. The van der Waals surface area contributed by atoms with Crippen molar-refractivity contribution in [3.05, 3.63) is 69.2 Å². The summed E-state index contributed by atoms with van der Waals surface area (Å²) < 4.78 is 41.3. The van der Waals surface area contributed by atoms with Gasteiger partial charge in [-0.3, -0.25) is 9.89 Å². The Balaban J connectivity index is 1.65. The van der Waals surface area contributed by atoms with Crippen molar-refractivity contribution >= 4 is 56.6 Å². The number of benzene rings is 2. The number of carbonyl (C=O) groups is 1. The molecule has 12 heteroatoms. The van der Waals surface area contributed by atoms with Crippen molar-refractivity contribution in [1.82, 2.24) is 15.2 Å². The van der Waals surface area contributed by atoms with E-state index in [1.807, 2.05) is 0 Å². The molecule has 0 bridgehead atoms. The van der Waals surface area contributed by atoms with Gasteiger partial charge in [-0.1, -0.05) is 35.1 Å². The molecule has 1 fully saturated rings. The topological polar surface area (TPSA) is 102 Å². The first-order chi connectivity index (χ1) is 16.6. The number of aromatic amines is 1. The van der Waals surface area contributed by atoms with Crippen LogP contribution in [0.4, 0.5) is 18.3 Å². The minimum atomic E-state index is -4.65. The van der Waals surface area contributed by atoms with Crippen molar-refractivity contribution < 1.29 is 28.2 Å². The average molecular weight is 521 g/mol. The van der Waals surface area contributed by atoms with Crippen molar-refractivity contribution in [2.24, 2.45) is 5.92 Å². The fourth-order valence-electron chi connectivity index (χ4n) is 3.85. The largest absolute Gasteiger partial charge is 0.492 e. The number of thiazole rings is 1. The molecule has 1 aliphatic heterocycles. The number of halogens is 4. The fourth-order valence-corrected chi connectivity index (χ4v) is 5.04. The molecule has 0 radical (unpaired) electrons. The van der Waals surface area contributed by atoms with Crippen LogP contribution in [0.1, 0.15) is 21.6 Å². The van der Waals surface area contributed by atoms with E-state index in [9.17, 15) is 23.1 Å². The summed E-state index contributed by atoms with van der Waals surface area (Å²) in [6.45, 7) is 0.467. The third kappa shape index (κ3) is 4.44. The van der Waals surface area contributed by atoms with Gasteiger partial charge in [-0.2, -0.15) is 23.3 Å². The summed E-state index contributed by atoms with van der Waals surface area (Å²) in [5.41, 5.74) is 0.554. The lowest BCUT2D eigenvalue weighted by atomic mass is 9.97. The van der Waals surface area contributed by atoms with Gasteiger partial charge in [0.1, 0.15) is 4.88 Å². The van der Waals surface area contributed by atoms with Crippen molar-refractivity contribution in [3.63, 3.8) is 0 Å². The second kappa shape index (κ2) is 8.58. The van der Waals surface area contributed by atoms with E-state index < -0.39 is 23.6 Å². The van der Waals surface area contributed by atoms with Crippen molar-refractivity contribution in [2.75, 3.05) is 18.0 Å². The lowest BCUT2D eigenvalue weighted by molar-refractivity contribution is -0.142. The number of nitrogens with one attached hydrogen (secondary N) is 1. The molecule has 2 aromatic carbocycles. The van der Waals surface area contributed by atoms with Crippen molar-refractivity contribution in [1.29, 1.82) is 0 Å². The van der Waals surface area contributed by atoms with E-state index in [-0.39, 0.29) is 34.4 Å². The summed E-state index contributed by atoms with van der Waals surface area (Å²) in [6, 6.07) is 8.69. The summed E-state index contributed by atoms with van der Waals surface area (Å²) in [7, 11) is 0. The summed E-state index contributed by atoms with van der Waals surface area (Å²) >= 11 is 6.92. The zero-order valence-electron chi connectivity index (χ0n) is 17.7. The van der Waals surface area contributed by atoms with Crippen LogP contribution in [0.25, 0.3) is 22.6 Å². The standard InChI is InChI=1S/C23H16ClF3N4O3S/c24-15-3-1-12(17(7-15)23(25,26)27)6-16(11-2-4-18-13(5-11)8-28-30-18)19-20(32)29-22(35-19)31-9-14(10-31)21(33)34/h1-8,14,32H,9-10H2,(H,28,30)(H,33,34). The number of anilines is 1. The minimum absolute atomic E-state index is 0.0514. The molecule has 0 saturated carbocycles. The molecule has 180 valence electrons. The van der Waals surface area contributed by atoms with Gasteiger partial charge in [0, 0.05) is 29.1 Å². The molecule has 2 aromatic heterocycles. The van der Waals surface area contributed by atoms with E-state index in [2.05, 4.69) is 15.2 Å². The highest BCUT2D eigenvalue weighted by molar-refractivity contribution is 7.17. The molecule has 4 aromatic rings. The van der Waals surface area contributed by atoms with Crippen molar-refractivity contribution in [2.45, 2.75) is 6.18 Å². The number of aromatic hydroxyl groups is 1. The molecule has 3 heterocycles. The molecule has 0 aliphatic carbocycles. The Morgan fingerprint density at radius 3 is 2.71 bits per heavy atom. The monoisotopic (exact) mass is 520 g/mol. The number of hydrogen-bond donors (Lipinski definition) is 3. The molecular formula is C23H16ClF3N4O3S. The number of carboxylic acids is 1. The maximum absolute atomic E-state index is 13.8. The van der Waals surface area contributed by atoms with E-state index in [4.69, 9.17) is 16.7 Å². The zero-order chi connectivity index (χ0) is 24.9. The molecule has 0 amide bonds. The number of nitrogens with zero attached hydrogens (tertiary/aromatic N) is 3. The summed E-state index contributed by atoms with van der Waals surface area (Å²) in [4.78, 5) is 17.2. The summed E-state index contributed by atoms with van der Waals surface area (Å²) in [5.74, 6) is -1.81. The van der Waals surface area contributed by atoms with E-state index in [1.165, 1.54) is 18.2 Å². The molecular weight excluding hydrogens is 505 g/mol. The average Bonchev–Trinajstić information content (AvgIpc) is 3.37. The number of H-pyrrole nitrogens is 1. The van der Waals surface area contributed by atoms with Gasteiger partial charge in [0.25, 0.3) is 0 Å². The Hall–Kier alpha value is -3.57. The fraction of sp³-hybridized carbons (Fsp3) is 0.174. The Kier molecular flexibility index (Phi) is 5.68. The van der Waals surface area contributed by atoms with Crippen LogP contribution in [0.5, 0.6) is 5.88 Å². The Labute approximate surface area is 205 Å². The summed E-state index contributed by atoms with van der Waals surface area (Å²) in [6.07, 6.45) is -1.72. The van der Waals surface area contributed by atoms with Crippen LogP contribution in [0.15, 0.2) is 42.6 Å². The molecule has 5 rings (SSSR count). The lowest BCUT2D eigenvalue weighted by Crippen LogP contribution is -2.50. The molecule has 3 N–H and O–H groups in total. The highest BCUT2D eigenvalue weighted by Gasteiger charge is 2.36. The maximum Gasteiger partial charge on any atom is 0.417 e. The van der Waals surface area contributed by atoms with E-state index in [0.29, 0.717) is 16.3 Å². The smallest absolute Gasteiger partial charge is 0.417 e. The summed E-state index contributed by atoms with van der Waals surface area (Å²) in [5, 5.41) is 27.7. The van der Waals surface area contributed by atoms with Crippen LogP contribution >= 0.6 is 22.9 Å². The van der Waals surface area contributed by atoms with Crippen molar-refractivity contribution in [3.8, 4) is 5.88 Å². The first-order valence-corrected chi connectivity index (χ1v) is 11.5. The number of hydrogen-bond acceptors (Lipinski definition) is 6. The van der Waals surface area contributed by atoms with Crippen LogP contribution in [0.3, 0.4) is 0 Å². The number of alkyl halides is 3. The number of aliphatic carboxylic acids is 1. The van der Waals surface area contributed by atoms with Gasteiger partial charge in [0.05, 0.1) is 23.2 Å².